The topological polar surface area (TPSA) is 120 Å². The van der Waals surface area contributed by atoms with E-state index in [1.807, 2.05) is 0 Å². The molecule has 2 N–H and O–H groups in total. The number of ether oxygens (including phenoxy) is 3. The second kappa shape index (κ2) is 10.5. The number of hydrogen-bond donors (Lipinski definition) is 2. The number of amides is 1. The Morgan fingerprint density at radius 2 is 1.58 bits per heavy atom. The first-order valence-electron chi connectivity index (χ1n) is 12.6. The van der Waals surface area contributed by atoms with E-state index in [1.165, 1.54) is 6.26 Å². The van der Waals surface area contributed by atoms with Gasteiger partial charge in [0.15, 0.2) is 18.5 Å². The van der Waals surface area contributed by atoms with E-state index in [0.29, 0.717) is 39.5 Å². The normalized spacial score (nSPS) is 22.5. The van der Waals surface area contributed by atoms with Gasteiger partial charge in [-0.25, -0.2) is 4.79 Å². The van der Waals surface area contributed by atoms with E-state index in [-0.39, 0.29) is 18.4 Å². The summed E-state index contributed by atoms with van der Waals surface area (Å²) >= 11 is 0. The lowest BCUT2D eigenvalue weighted by Crippen LogP contribution is -2.66. The molecule has 1 amide bonds. The van der Waals surface area contributed by atoms with Crippen molar-refractivity contribution in [3.8, 4) is 11.5 Å². The van der Waals surface area contributed by atoms with E-state index < -0.39 is 17.7 Å². The summed E-state index contributed by atoms with van der Waals surface area (Å²) in [6, 6.07) is 15.0. The summed E-state index contributed by atoms with van der Waals surface area (Å²) in [5.74, 6) is 0.827. The molecule has 0 radical (unpaired) electrons. The van der Waals surface area contributed by atoms with Crippen LogP contribution in [-0.2, 0) is 19.9 Å². The number of methoxy groups -OCH3 is 2. The van der Waals surface area contributed by atoms with Crippen molar-refractivity contribution >= 4 is 17.7 Å². The molecule has 0 saturated carbocycles. The van der Waals surface area contributed by atoms with Crippen LogP contribution >= 0.6 is 0 Å². The minimum atomic E-state index is -2.04. The zero-order valence-corrected chi connectivity index (χ0v) is 21.5. The average molecular weight is 523 g/mol. The van der Waals surface area contributed by atoms with Gasteiger partial charge in [-0.1, -0.05) is 29.4 Å². The van der Waals surface area contributed by atoms with Gasteiger partial charge in [0.1, 0.15) is 24.3 Å². The molecule has 4 heterocycles. The van der Waals surface area contributed by atoms with Crippen LogP contribution in [0, 0.1) is 5.92 Å². The molecule has 3 fully saturated rings. The number of hydrogen-bond acceptors (Lipinski definition) is 8. The second-order valence-corrected chi connectivity index (χ2v) is 10.0. The molecule has 3 aliphatic rings. The van der Waals surface area contributed by atoms with Crippen LogP contribution in [0.3, 0.4) is 0 Å². The molecule has 3 aliphatic heterocycles. The highest BCUT2D eigenvalue weighted by Gasteiger charge is 2.51. The van der Waals surface area contributed by atoms with Crippen LogP contribution in [-0.4, -0.2) is 73.1 Å². The summed E-state index contributed by atoms with van der Waals surface area (Å²) in [7, 11) is 3.11. The number of fused-ring (bicyclic) bond motifs is 3. The fourth-order valence-corrected chi connectivity index (χ4v) is 5.63. The molecule has 10 nitrogen and oxygen atoms in total. The molecule has 3 saturated heterocycles. The van der Waals surface area contributed by atoms with Crippen molar-refractivity contribution < 1.29 is 37.9 Å². The number of quaternary nitrogens is 1. The molecule has 6 rings (SSSR count). The van der Waals surface area contributed by atoms with E-state index in [1.54, 1.807) is 68.8 Å². The molecule has 2 bridgehead atoms. The summed E-state index contributed by atoms with van der Waals surface area (Å²) < 4.78 is 21.9. The van der Waals surface area contributed by atoms with E-state index in [4.69, 9.17) is 18.7 Å². The second-order valence-electron chi connectivity index (χ2n) is 10.0. The predicted octanol–water partition coefficient (Wildman–Crippen LogP) is 2.72. The molecule has 38 heavy (non-hydrogen) atoms. The Labute approximate surface area is 220 Å². The molecule has 200 valence electrons. The fraction of sp³-hybridized carbons (Fsp3) is 0.393. The average Bonchev–Trinajstić information content (AvgIpc) is 3.46. The van der Waals surface area contributed by atoms with Gasteiger partial charge in [-0.2, -0.15) is 0 Å². The van der Waals surface area contributed by atoms with Gasteiger partial charge in [0.05, 0.1) is 27.3 Å². The molecule has 10 heteroatoms. The summed E-state index contributed by atoms with van der Waals surface area (Å²) in [4.78, 5) is 26.6. The molecule has 2 aromatic carbocycles. The third kappa shape index (κ3) is 4.97. The van der Waals surface area contributed by atoms with Crippen LogP contribution in [0.4, 0.5) is 5.82 Å². The summed E-state index contributed by atoms with van der Waals surface area (Å²) in [5, 5.41) is 18.5. The monoisotopic (exact) mass is 522 g/mol. The highest BCUT2D eigenvalue weighted by Crippen LogP contribution is 2.39. The third-order valence-corrected chi connectivity index (χ3v) is 7.80. The van der Waals surface area contributed by atoms with Crippen LogP contribution in [0.15, 0.2) is 65.4 Å². The van der Waals surface area contributed by atoms with Gasteiger partial charge in [0.25, 0.3) is 5.91 Å². The number of anilines is 1. The number of benzene rings is 2. The van der Waals surface area contributed by atoms with Crippen molar-refractivity contribution in [3.63, 3.8) is 0 Å². The number of esters is 1. The first-order chi connectivity index (χ1) is 18.3. The molecule has 3 aromatic rings. The minimum Gasteiger partial charge on any atom is -0.497 e. The van der Waals surface area contributed by atoms with Crippen LogP contribution in [0.1, 0.15) is 24.0 Å². The Hall–Kier alpha value is -3.89. The van der Waals surface area contributed by atoms with Gasteiger partial charge in [-0.3, -0.25) is 4.79 Å². The maximum atomic E-state index is 13.8. The van der Waals surface area contributed by atoms with Gasteiger partial charge in [0.2, 0.25) is 5.60 Å². The van der Waals surface area contributed by atoms with Crippen molar-refractivity contribution in [2.45, 2.75) is 24.5 Å². The van der Waals surface area contributed by atoms with E-state index in [0.717, 1.165) is 25.9 Å². The first-order valence-corrected chi connectivity index (χ1v) is 12.6. The molecule has 0 aliphatic carbocycles. The number of aromatic nitrogens is 1. The third-order valence-electron chi connectivity index (χ3n) is 7.80. The number of piperidine rings is 3. The Morgan fingerprint density at radius 1 is 1.00 bits per heavy atom. The number of rotatable bonds is 9. The zero-order valence-electron chi connectivity index (χ0n) is 21.5. The Balaban J connectivity index is 1.37. The predicted molar refractivity (Wildman–Crippen MR) is 136 cm³/mol. The van der Waals surface area contributed by atoms with Crippen LogP contribution < -0.4 is 14.8 Å². The largest absolute Gasteiger partial charge is 0.497 e. The molecule has 0 spiro atoms. The van der Waals surface area contributed by atoms with Crippen LogP contribution in [0.25, 0.3) is 0 Å². The maximum absolute atomic E-state index is 13.8. The molecule has 1 aromatic heterocycles. The highest BCUT2D eigenvalue weighted by atomic mass is 16.6. The van der Waals surface area contributed by atoms with Crippen molar-refractivity contribution in [1.29, 1.82) is 0 Å². The number of carbonyl (C=O) groups is 2. The van der Waals surface area contributed by atoms with Crippen molar-refractivity contribution in [3.05, 3.63) is 72.0 Å². The summed E-state index contributed by atoms with van der Waals surface area (Å²) in [6.07, 6.45) is 2.64. The number of nitrogens with one attached hydrogen (secondary N) is 1. The zero-order chi connectivity index (χ0) is 26.8. The minimum absolute atomic E-state index is 0.169. The molecular formula is C28H32N3O7+. The SMILES string of the molecule is COc1ccc(C(O)(C(=O)O[C@H]2C[N+]3(CC(=O)Nc4ccon4)CCC2CC3)c2ccc(OC)cc2)cc1. The Morgan fingerprint density at radius 3 is 2.08 bits per heavy atom. The van der Waals surface area contributed by atoms with E-state index in [9.17, 15) is 14.7 Å². The summed E-state index contributed by atoms with van der Waals surface area (Å²) in [5.41, 5.74) is -1.31. The number of nitrogens with zero attached hydrogens (tertiary/aromatic N) is 2. The van der Waals surface area contributed by atoms with E-state index in [2.05, 4.69) is 10.5 Å². The lowest BCUT2D eigenvalue weighted by molar-refractivity contribution is -0.939. The maximum Gasteiger partial charge on any atom is 0.348 e. The van der Waals surface area contributed by atoms with Gasteiger partial charge >= 0.3 is 5.97 Å². The standard InChI is InChI=1S/C28H31N3O7/c1-35-22-7-3-20(4-8-22)28(34,21-5-9-23(36-2)10-6-21)27(33)38-24-17-31(14-11-19(24)12-15-31)18-26(32)29-25-13-16-37-30-25/h3-10,13,16,19,24,34H,11-12,14-15,17-18H2,1-2H3/p+1/t19?,24-,31?/m0/s1. The van der Waals surface area contributed by atoms with Crippen molar-refractivity contribution in [1.82, 2.24) is 5.16 Å². The Bertz CT molecular complexity index is 1200. The fourth-order valence-electron chi connectivity index (χ4n) is 5.63. The van der Waals surface area contributed by atoms with Gasteiger partial charge in [-0.15, -0.1) is 0 Å². The lowest BCUT2D eigenvalue weighted by Gasteiger charge is -2.51. The molecule has 0 unspecified atom stereocenters. The van der Waals surface area contributed by atoms with E-state index >= 15 is 0 Å². The molecular weight excluding hydrogens is 490 g/mol. The van der Waals surface area contributed by atoms with Gasteiger partial charge < -0.3 is 33.6 Å². The van der Waals surface area contributed by atoms with Gasteiger partial charge in [0, 0.05) is 24.8 Å². The lowest BCUT2D eigenvalue weighted by atomic mass is 9.82. The Kier molecular flexibility index (Phi) is 7.09. The van der Waals surface area contributed by atoms with Gasteiger partial charge in [-0.05, 0) is 35.4 Å². The van der Waals surface area contributed by atoms with Crippen LogP contribution in [0.2, 0.25) is 0 Å². The number of carbonyl (C=O) groups excluding carboxylic acids is 2. The summed E-state index contributed by atoms with van der Waals surface area (Å²) in [6.45, 7) is 2.40. The smallest absolute Gasteiger partial charge is 0.348 e. The highest BCUT2D eigenvalue weighted by molar-refractivity contribution is 5.90. The quantitative estimate of drug-likeness (QED) is 0.325. The van der Waals surface area contributed by atoms with Crippen LogP contribution in [0.5, 0.6) is 11.5 Å². The first kappa shape index (κ1) is 25.7. The number of aliphatic hydroxyl groups is 1. The van der Waals surface area contributed by atoms with Crippen molar-refractivity contribution in [2.75, 3.05) is 45.7 Å². The van der Waals surface area contributed by atoms with Crippen molar-refractivity contribution in [2.24, 2.45) is 5.92 Å². The molecule has 1 atom stereocenters.